The lowest BCUT2D eigenvalue weighted by atomic mass is 9.94. The second-order valence-electron chi connectivity index (χ2n) is 5.32. The van der Waals surface area contributed by atoms with Gasteiger partial charge in [0.1, 0.15) is 0 Å². The van der Waals surface area contributed by atoms with Gasteiger partial charge in [0.2, 0.25) is 5.91 Å². The maximum atomic E-state index is 12.0. The summed E-state index contributed by atoms with van der Waals surface area (Å²) < 4.78 is 0. The SMILES string of the molecule is CC1CCN(C(=O)CNC(=O)c2ccccc2)CC1N. The molecule has 2 atom stereocenters. The molecule has 3 N–H and O–H groups in total. The van der Waals surface area contributed by atoms with Crippen LogP contribution in [0.2, 0.25) is 0 Å². The van der Waals surface area contributed by atoms with Crippen molar-refractivity contribution in [2.45, 2.75) is 19.4 Å². The highest BCUT2D eigenvalue weighted by Crippen LogP contribution is 2.15. The van der Waals surface area contributed by atoms with Crippen molar-refractivity contribution in [2.24, 2.45) is 11.7 Å². The molecule has 5 nitrogen and oxygen atoms in total. The molecule has 0 spiro atoms. The summed E-state index contributed by atoms with van der Waals surface area (Å²) in [5, 5.41) is 2.65. The molecule has 1 saturated heterocycles. The number of hydrogen-bond acceptors (Lipinski definition) is 3. The Morgan fingerprint density at radius 1 is 1.35 bits per heavy atom. The third kappa shape index (κ3) is 3.57. The van der Waals surface area contributed by atoms with Crippen LogP contribution in [0, 0.1) is 5.92 Å². The van der Waals surface area contributed by atoms with Gasteiger partial charge in [-0.2, -0.15) is 0 Å². The summed E-state index contributed by atoms with van der Waals surface area (Å²) >= 11 is 0. The average molecular weight is 275 g/mol. The fraction of sp³-hybridized carbons (Fsp3) is 0.467. The number of benzene rings is 1. The summed E-state index contributed by atoms with van der Waals surface area (Å²) in [7, 11) is 0. The van der Waals surface area contributed by atoms with E-state index in [0.717, 1.165) is 13.0 Å². The standard InChI is InChI=1S/C15H21N3O2/c1-11-7-8-18(10-13(11)16)14(19)9-17-15(20)12-5-3-2-4-6-12/h2-6,11,13H,7-10,16H2,1H3,(H,17,20). The first-order chi connectivity index (χ1) is 9.58. The Kier molecular flexibility index (Phi) is 4.74. The Balaban J connectivity index is 1.82. The van der Waals surface area contributed by atoms with Crippen LogP contribution in [0.15, 0.2) is 30.3 Å². The molecule has 0 bridgehead atoms. The summed E-state index contributed by atoms with van der Waals surface area (Å²) in [5.74, 6) is 0.142. The third-order valence-corrected chi connectivity index (χ3v) is 3.81. The molecule has 1 heterocycles. The molecule has 108 valence electrons. The zero-order valence-corrected chi connectivity index (χ0v) is 11.7. The number of nitrogens with two attached hydrogens (primary N) is 1. The molecule has 1 aliphatic rings. The number of nitrogens with zero attached hydrogens (tertiary/aromatic N) is 1. The van der Waals surface area contributed by atoms with Crippen LogP contribution in [0.4, 0.5) is 0 Å². The van der Waals surface area contributed by atoms with E-state index in [2.05, 4.69) is 12.2 Å². The molecule has 2 unspecified atom stereocenters. The summed E-state index contributed by atoms with van der Waals surface area (Å²) in [6.45, 7) is 3.41. The van der Waals surface area contributed by atoms with Crippen LogP contribution in [0.5, 0.6) is 0 Å². The number of rotatable bonds is 3. The summed E-state index contributed by atoms with van der Waals surface area (Å²) in [5.41, 5.74) is 6.53. The minimum Gasteiger partial charge on any atom is -0.343 e. The quantitative estimate of drug-likeness (QED) is 0.848. The van der Waals surface area contributed by atoms with Gasteiger partial charge in [-0.3, -0.25) is 9.59 Å². The fourth-order valence-electron chi connectivity index (χ4n) is 2.29. The van der Waals surface area contributed by atoms with Gasteiger partial charge in [-0.1, -0.05) is 25.1 Å². The smallest absolute Gasteiger partial charge is 0.251 e. The zero-order chi connectivity index (χ0) is 14.5. The molecule has 0 radical (unpaired) electrons. The summed E-state index contributed by atoms with van der Waals surface area (Å²) in [6, 6.07) is 8.90. The fourth-order valence-corrected chi connectivity index (χ4v) is 2.29. The molecule has 0 aliphatic carbocycles. The largest absolute Gasteiger partial charge is 0.343 e. The van der Waals surface area contributed by atoms with Gasteiger partial charge in [0.05, 0.1) is 6.54 Å². The first-order valence-electron chi connectivity index (χ1n) is 6.94. The molecule has 0 saturated carbocycles. The predicted molar refractivity (Wildman–Crippen MR) is 77.1 cm³/mol. The Labute approximate surface area is 119 Å². The minimum absolute atomic E-state index is 0.0226. The van der Waals surface area contributed by atoms with Crippen molar-refractivity contribution in [3.63, 3.8) is 0 Å². The molecule has 20 heavy (non-hydrogen) atoms. The minimum atomic E-state index is -0.228. The molecule has 2 amide bonds. The number of carbonyl (C=O) groups is 2. The van der Waals surface area contributed by atoms with Gasteiger partial charge in [-0.05, 0) is 24.5 Å². The summed E-state index contributed by atoms with van der Waals surface area (Å²) in [4.78, 5) is 25.6. The number of piperidine rings is 1. The first-order valence-corrected chi connectivity index (χ1v) is 6.94. The molecule has 2 rings (SSSR count). The maximum absolute atomic E-state index is 12.0. The van der Waals surface area contributed by atoms with Crippen molar-refractivity contribution in [2.75, 3.05) is 19.6 Å². The highest BCUT2D eigenvalue weighted by Gasteiger charge is 2.26. The van der Waals surface area contributed by atoms with E-state index in [-0.39, 0.29) is 24.4 Å². The maximum Gasteiger partial charge on any atom is 0.251 e. The number of amides is 2. The number of nitrogens with one attached hydrogen (secondary N) is 1. The second-order valence-corrected chi connectivity index (χ2v) is 5.32. The van der Waals surface area contributed by atoms with Crippen LogP contribution in [-0.2, 0) is 4.79 Å². The molecule has 1 fully saturated rings. The Morgan fingerprint density at radius 3 is 2.70 bits per heavy atom. The van der Waals surface area contributed by atoms with E-state index in [1.54, 1.807) is 29.2 Å². The van der Waals surface area contributed by atoms with E-state index < -0.39 is 0 Å². The van der Waals surface area contributed by atoms with Crippen LogP contribution in [0.1, 0.15) is 23.7 Å². The van der Waals surface area contributed by atoms with Crippen LogP contribution < -0.4 is 11.1 Å². The van der Waals surface area contributed by atoms with Gasteiger partial charge in [0.15, 0.2) is 0 Å². The van der Waals surface area contributed by atoms with Gasteiger partial charge in [-0.25, -0.2) is 0 Å². The molecule has 1 aromatic carbocycles. The molecule has 1 aromatic rings. The number of likely N-dealkylation sites (tertiary alicyclic amines) is 1. The van der Waals surface area contributed by atoms with Gasteiger partial charge >= 0.3 is 0 Å². The lowest BCUT2D eigenvalue weighted by molar-refractivity contribution is -0.131. The van der Waals surface area contributed by atoms with Crippen LogP contribution in [0.3, 0.4) is 0 Å². The predicted octanol–water partition coefficient (Wildman–Crippen LogP) is 0.612. The van der Waals surface area contributed by atoms with Crippen molar-refractivity contribution in [3.05, 3.63) is 35.9 Å². The number of carbonyl (C=O) groups excluding carboxylic acids is 2. The van der Waals surface area contributed by atoms with Crippen LogP contribution >= 0.6 is 0 Å². The number of hydrogen-bond donors (Lipinski definition) is 2. The van der Waals surface area contributed by atoms with E-state index in [4.69, 9.17) is 5.73 Å². The summed E-state index contributed by atoms with van der Waals surface area (Å²) in [6.07, 6.45) is 0.916. The van der Waals surface area contributed by atoms with Crippen molar-refractivity contribution in [3.8, 4) is 0 Å². The topological polar surface area (TPSA) is 75.4 Å². The van der Waals surface area contributed by atoms with Gasteiger partial charge in [0, 0.05) is 24.7 Å². The molecular formula is C15H21N3O2. The highest BCUT2D eigenvalue weighted by molar-refractivity contribution is 5.96. The van der Waals surface area contributed by atoms with Crippen molar-refractivity contribution in [1.82, 2.24) is 10.2 Å². The molecule has 1 aliphatic heterocycles. The van der Waals surface area contributed by atoms with E-state index in [9.17, 15) is 9.59 Å². The van der Waals surface area contributed by atoms with E-state index in [1.807, 2.05) is 6.07 Å². The van der Waals surface area contributed by atoms with Gasteiger partial charge in [-0.15, -0.1) is 0 Å². The van der Waals surface area contributed by atoms with E-state index in [0.29, 0.717) is 18.0 Å². The van der Waals surface area contributed by atoms with E-state index in [1.165, 1.54) is 0 Å². The Morgan fingerprint density at radius 2 is 2.05 bits per heavy atom. The lowest BCUT2D eigenvalue weighted by Gasteiger charge is -2.35. The Hall–Kier alpha value is -1.88. The lowest BCUT2D eigenvalue weighted by Crippen LogP contribution is -2.52. The molecule has 5 heteroatoms. The van der Waals surface area contributed by atoms with Crippen LogP contribution in [-0.4, -0.2) is 42.4 Å². The normalized spacial score (nSPS) is 22.4. The monoisotopic (exact) mass is 275 g/mol. The Bertz CT molecular complexity index is 475. The van der Waals surface area contributed by atoms with Crippen molar-refractivity contribution in [1.29, 1.82) is 0 Å². The van der Waals surface area contributed by atoms with Crippen molar-refractivity contribution < 1.29 is 9.59 Å². The second kappa shape index (κ2) is 6.52. The van der Waals surface area contributed by atoms with E-state index >= 15 is 0 Å². The van der Waals surface area contributed by atoms with Gasteiger partial charge in [0.25, 0.3) is 5.91 Å². The van der Waals surface area contributed by atoms with Gasteiger partial charge < -0.3 is 16.0 Å². The van der Waals surface area contributed by atoms with Crippen LogP contribution in [0.25, 0.3) is 0 Å². The van der Waals surface area contributed by atoms with Crippen molar-refractivity contribution >= 4 is 11.8 Å². The third-order valence-electron chi connectivity index (χ3n) is 3.81. The first kappa shape index (κ1) is 14.5. The zero-order valence-electron chi connectivity index (χ0n) is 11.7. The molecular weight excluding hydrogens is 254 g/mol. The molecule has 0 aromatic heterocycles. The highest BCUT2D eigenvalue weighted by atomic mass is 16.2. The average Bonchev–Trinajstić information content (AvgIpc) is 2.48.